The fourth-order valence-electron chi connectivity index (χ4n) is 3.62. The lowest BCUT2D eigenvalue weighted by Gasteiger charge is -2.25. The Morgan fingerprint density at radius 2 is 1.84 bits per heavy atom. The van der Waals surface area contributed by atoms with Gasteiger partial charge in [0.1, 0.15) is 11.8 Å². The van der Waals surface area contributed by atoms with E-state index in [1.54, 1.807) is 42.5 Å². The van der Waals surface area contributed by atoms with Crippen molar-refractivity contribution in [2.45, 2.75) is 52.6 Å². The number of nitrogens with zero attached hydrogens (tertiary/aromatic N) is 2. The van der Waals surface area contributed by atoms with Crippen molar-refractivity contribution in [3.8, 4) is 5.75 Å². The Bertz CT molecular complexity index is 956. The number of hydrogen-bond donors (Lipinski definition) is 1. The number of amides is 4. The van der Waals surface area contributed by atoms with Crippen molar-refractivity contribution >= 4 is 29.2 Å². The smallest absolute Gasteiger partial charge is 0.332 e. The highest BCUT2D eigenvalue weighted by Crippen LogP contribution is 2.29. The second-order valence-corrected chi connectivity index (χ2v) is 7.94. The van der Waals surface area contributed by atoms with Crippen LogP contribution in [0.5, 0.6) is 5.75 Å². The van der Waals surface area contributed by atoms with Crippen molar-refractivity contribution in [2.24, 2.45) is 0 Å². The van der Waals surface area contributed by atoms with E-state index < -0.39 is 12.1 Å². The van der Waals surface area contributed by atoms with Crippen molar-refractivity contribution in [2.75, 3.05) is 16.8 Å². The molecule has 1 saturated heterocycles. The molecule has 1 aliphatic heterocycles. The zero-order valence-electron chi connectivity index (χ0n) is 18.4. The molecule has 4 amide bonds. The molecule has 1 fully saturated rings. The van der Waals surface area contributed by atoms with Crippen molar-refractivity contribution < 1.29 is 19.1 Å². The summed E-state index contributed by atoms with van der Waals surface area (Å²) in [6.45, 7) is 8.24. The number of aryl methyl sites for hydroxylation is 1. The lowest BCUT2D eigenvalue weighted by molar-refractivity contribution is -0.124. The van der Waals surface area contributed by atoms with Crippen molar-refractivity contribution in [1.82, 2.24) is 4.90 Å². The number of carbonyl (C=O) groups excluding carboxylic acids is 3. The molecule has 2 aromatic rings. The van der Waals surface area contributed by atoms with E-state index in [0.29, 0.717) is 18.0 Å². The molecule has 31 heavy (non-hydrogen) atoms. The monoisotopic (exact) mass is 423 g/mol. The van der Waals surface area contributed by atoms with Crippen LogP contribution in [0.25, 0.3) is 0 Å². The predicted octanol–water partition coefficient (Wildman–Crippen LogP) is 4.36. The van der Waals surface area contributed by atoms with Gasteiger partial charge in [-0.2, -0.15) is 0 Å². The van der Waals surface area contributed by atoms with Crippen molar-refractivity contribution in [1.29, 1.82) is 0 Å². The first-order chi connectivity index (χ1) is 14.8. The maximum absolute atomic E-state index is 13.1. The van der Waals surface area contributed by atoms with E-state index in [0.717, 1.165) is 17.7 Å². The van der Waals surface area contributed by atoms with Gasteiger partial charge in [-0.15, -0.1) is 0 Å². The van der Waals surface area contributed by atoms with Gasteiger partial charge in [0, 0.05) is 11.7 Å². The summed E-state index contributed by atoms with van der Waals surface area (Å²) in [5.74, 6) is 0.0177. The van der Waals surface area contributed by atoms with E-state index >= 15 is 0 Å². The number of urea groups is 1. The van der Waals surface area contributed by atoms with Gasteiger partial charge in [-0.25, -0.2) is 9.69 Å². The van der Waals surface area contributed by atoms with Crippen LogP contribution in [-0.2, 0) is 9.59 Å². The number of rotatable bonds is 8. The lowest BCUT2D eigenvalue weighted by Crippen LogP contribution is -2.42. The highest BCUT2D eigenvalue weighted by Gasteiger charge is 2.47. The van der Waals surface area contributed by atoms with Crippen LogP contribution < -0.4 is 15.0 Å². The Labute approximate surface area is 183 Å². The predicted molar refractivity (Wildman–Crippen MR) is 120 cm³/mol. The highest BCUT2D eigenvalue weighted by atomic mass is 16.5. The van der Waals surface area contributed by atoms with E-state index in [9.17, 15) is 14.4 Å². The SMILES string of the molecule is CCCOc1ccc(NC(=O)C[C@@H]2C(=O)N(c3cccc(C)c3)C(=O)N2C(C)C)cc1. The molecule has 2 aromatic carbocycles. The molecule has 0 radical (unpaired) electrons. The Balaban J connectivity index is 1.73. The van der Waals surface area contributed by atoms with Crippen LogP contribution in [0.4, 0.5) is 16.2 Å². The van der Waals surface area contributed by atoms with Crippen LogP contribution in [0.15, 0.2) is 48.5 Å². The maximum atomic E-state index is 13.1. The van der Waals surface area contributed by atoms with Gasteiger partial charge in [0.25, 0.3) is 5.91 Å². The molecule has 1 aliphatic rings. The van der Waals surface area contributed by atoms with Crippen LogP contribution in [0, 0.1) is 6.92 Å². The van der Waals surface area contributed by atoms with Crippen molar-refractivity contribution in [3.05, 3.63) is 54.1 Å². The Hall–Kier alpha value is -3.35. The summed E-state index contributed by atoms with van der Waals surface area (Å²) in [7, 11) is 0. The maximum Gasteiger partial charge on any atom is 0.332 e. The summed E-state index contributed by atoms with van der Waals surface area (Å²) >= 11 is 0. The van der Waals surface area contributed by atoms with Gasteiger partial charge >= 0.3 is 6.03 Å². The molecule has 3 rings (SSSR count). The molecule has 1 N–H and O–H groups in total. The zero-order valence-corrected chi connectivity index (χ0v) is 18.4. The first kappa shape index (κ1) is 22.3. The van der Waals surface area contributed by atoms with Gasteiger partial charge in [-0.1, -0.05) is 19.1 Å². The van der Waals surface area contributed by atoms with Crippen molar-refractivity contribution in [3.63, 3.8) is 0 Å². The first-order valence-electron chi connectivity index (χ1n) is 10.6. The molecular weight excluding hydrogens is 394 g/mol. The fourth-order valence-corrected chi connectivity index (χ4v) is 3.62. The van der Waals surface area contributed by atoms with Gasteiger partial charge < -0.3 is 15.0 Å². The van der Waals surface area contributed by atoms with Crippen LogP contribution in [0.3, 0.4) is 0 Å². The van der Waals surface area contributed by atoms with Gasteiger partial charge in [0.2, 0.25) is 5.91 Å². The molecule has 0 aromatic heterocycles. The standard InChI is InChI=1S/C24H29N3O4/c1-5-13-31-20-11-9-18(10-12-20)25-22(28)15-21-23(29)27(24(30)26(21)16(2)3)19-8-6-7-17(4)14-19/h6-12,14,16,21H,5,13,15H2,1-4H3,(H,25,28)/t21-/m1/s1. The fraction of sp³-hybridized carbons (Fsp3) is 0.375. The summed E-state index contributed by atoms with van der Waals surface area (Å²) in [6, 6.07) is 12.8. The normalized spacial score (nSPS) is 16.2. The topological polar surface area (TPSA) is 79.0 Å². The van der Waals surface area contributed by atoms with E-state index in [1.165, 1.54) is 9.80 Å². The Morgan fingerprint density at radius 1 is 1.13 bits per heavy atom. The number of hydrogen-bond acceptors (Lipinski definition) is 4. The minimum absolute atomic E-state index is 0.112. The van der Waals surface area contributed by atoms with Gasteiger partial charge in [0.15, 0.2) is 0 Å². The van der Waals surface area contributed by atoms with Gasteiger partial charge in [-0.05, 0) is 69.2 Å². The number of carbonyl (C=O) groups is 3. The van der Waals surface area contributed by atoms with Crippen LogP contribution >= 0.6 is 0 Å². The molecule has 0 spiro atoms. The van der Waals surface area contributed by atoms with Gasteiger partial charge in [0.05, 0.1) is 18.7 Å². The van der Waals surface area contributed by atoms with E-state index in [-0.39, 0.29) is 24.3 Å². The number of imide groups is 1. The second-order valence-electron chi connectivity index (χ2n) is 7.94. The summed E-state index contributed by atoms with van der Waals surface area (Å²) in [5, 5.41) is 2.81. The average molecular weight is 424 g/mol. The molecule has 0 bridgehead atoms. The third-order valence-corrected chi connectivity index (χ3v) is 5.06. The molecular formula is C24H29N3O4. The molecule has 164 valence electrons. The minimum atomic E-state index is -0.847. The highest BCUT2D eigenvalue weighted by molar-refractivity contribution is 6.22. The number of ether oxygens (including phenoxy) is 1. The number of benzene rings is 2. The summed E-state index contributed by atoms with van der Waals surface area (Å²) in [6.07, 6.45) is 0.803. The third-order valence-electron chi connectivity index (χ3n) is 5.06. The van der Waals surface area contributed by atoms with E-state index in [2.05, 4.69) is 5.32 Å². The number of anilines is 2. The van der Waals surface area contributed by atoms with Crippen LogP contribution in [0.1, 0.15) is 39.2 Å². The zero-order chi connectivity index (χ0) is 22.5. The van der Waals surface area contributed by atoms with E-state index in [1.807, 2.05) is 33.8 Å². The molecule has 0 unspecified atom stereocenters. The molecule has 1 atom stereocenters. The lowest BCUT2D eigenvalue weighted by atomic mass is 10.1. The van der Waals surface area contributed by atoms with Gasteiger partial charge in [-0.3, -0.25) is 9.59 Å². The Morgan fingerprint density at radius 3 is 2.45 bits per heavy atom. The average Bonchev–Trinajstić information content (AvgIpc) is 2.97. The molecule has 7 nitrogen and oxygen atoms in total. The second kappa shape index (κ2) is 9.64. The molecule has 1 heterocycles. The minimum Gasteiger partial charge on any atom is -0.494 e. The summed E-state index contributed by atoms with van der Waals surface area (Å²) < 4.78 is 5.54. The Kier molecular flexibility index (Phi) is 6.95. The number of nitrogens with one attached hydrogen (secondary N) is 1. The largest absolute Gasteiger partial charge is 0.494 e. The van der Waals surface area contributed by atoms with E-state index in [4.69, 9.17) is 4.74 Å². The summed E-state index contributed by atoms with van der Waals surface area (Å²) in [5.41, 5.74) is 2.07. The molecule has 7 heteroatoms. The van der Waals surface area contributed by atoms with Crippen LogP contribution in [0.2, 0.25) is 0 Å². The summed E-state index contributed by atoms with van der Waals surface area (Å²) in [4.78, 5) is 41.5. The molecule has 0 saturated carbocycles. The quantitative estimate of drug-likeness (QED) is 0.640. The third kappa shape index (κ3) is 5.05. The molecule has 0 aliphatic carbocycles. The van der Waals surface area contributed by atoms with Crippen LogP contribution in [-0.4, -0.2) is 41.4 Å². The first-order valence-corrected chi connectivity index (χ1v) is 10.6.